The molecule has 4 aliphatic heterocycles. The summed E-state index contributed by atoms with van der Waals surface area (Å²) in [5.74, 6) is 0. The summed E-state index contributed by atoms with van der Waals surface area (Å²) < 4.78 is 0. The van der Waals surface area contributed by atoms with Crippen molar-refractivity contribution in [2.24, 2.45) is 0 Å². The van der Waals surface area contributed by atoms with Crippen LogP contribution in [0.3, 0.4) is 0 Å². The molecule has 0 fully saturated rings. The molecule has 5 nitrogen and oxygen atoms in total. The number of fused-ring (bicyclic) bond motifs is 8. The van der Waals surface area contributed by atoms with Gasteiger partial charge in [-0.25, -0.2) is 0 Å². The molecule has 17 aromatic rings. The van der Waals surface area contributed by atoms with Crippen molar-refractivity contribution in [3.05, 3.63) is 418 Å². The molecule has 0 aliphatic carbocycles. The van der Waals surface area contributed by atoms with Crippen LogP contribution < -0.4 is 57.3 Å². The minimum Gasteiger partial charge on any atom is -0.311 e. The predicted molar refractivity (Wildman–Crippen MR) is 486 cm³/mol. The lowest BCUT2D eigenvalue weighted by molar-refractivity contribution is 0.590. The molecule has 0 N–H and O–H groups in total. The summed E-state index contributed by atoms with van der Waals surface area (Å²) in [6, 6.07) is 154. The number of nitrogens with zero attached hydrogens (tertiary/aromatic N) is 5. The first kappa shape index (κ1) is 68.3. The number of para-hydroxylation sites is 5. The number of hydrogen-bond donors (Lipinski definition) is 0. The van der Waals surface area contributed by atoms with Gasteiger partial charge in [0.25, 0.3) is 6.71 Å². The van der Waals surface area contributed by atoms with Crippen molar-refractivity contribution in [1.29, 1.82) is 0 Å². The van der Waals surface area contributed by atoms with Crippen LogP contribution in [0, 0.1) is 0 Å². The Morgan fingerprint density at radius 2 is 0.561 bits per heavy atom. The van der Waals surface area contributed by atoms with E-state index in [0.717, 1.165) is 108 Å². The van der Waals surface area contributed by atoms with Gasteiger partial charge < -0.3 is 24.5 Å². The van der Waals surface area contributed by atoms with Crippen LogP contribution in [0.25, 0.3) is 55.6 Å². The molecule has 0 saturated carbocycles. The second kappa shape index (κ2) is 28.2. The third kappa shape index (κ3) is 11.9. The van der Waals surface area contributed by atoms with Gasteiger partial charge in [0.1, 0.15) is 0 Å². The van der Waals surface area contributed by atoms with Gasteiger partial charge in [-0.05, 0) is 210 Å². The lowest BCUT2D eigenvalue weighted by Gasteiger charge is -2.46. The first-order valence-electron chi connectivity index (χ1n) is 39.5. The second-order valence-corrected chi connectivity index (χ2v) is 32.2. The summed E-state index contributed by atoms with van der Waals surface area (Å²) in [5.41, 5.74) is 37.0. The molecule has 0 amide bonds. The van der Waals surface area contributed by atoms with Crippen molar-refractivity contribution in [3.63, 3.8) is 0 Å². The van der Waals surface area contributed by atoms with Crippen molar-refractivity contribution in [2.45, 2.75) is 36.0 Å². The molecule has 538 valence electrons. The van der Waals surface area contributed by atoms with Gasteiger partial charge >= 0.3 is 0 Å². The molecule has 0 aromatic heterocycles. The zero-order valence-electron chi connectivity index (χ0n) is 63.6. The Morgan fingerprint density at radius 1 is 0.228 bits per heavy atom. The normalized spacial score (nSPS) is 12.7. The third-order valence-electron chi connectivity index (χ3n) is 23.4. The minimum absolute atomic E-state index is 0.0367. The Labute approximate surface area is 672 Å². The van der Waals surface area contributed by atoms with E-state index in [2.05, 4.69) is 458 Å². The van der Waals surface area contributed by atoms with E-state index in [1.54, 1.807) is 0 Å². The van der Waals surface area contributed by atoms with Gasteiger partial charge in [0.15, 0.2) is 0 Å². The second-order valence-electron chi connectivity index (χ2n) is 31.2. The summed E-state index contributed by atoms with van der Waals surface area (Å²) in [5, 5.41) is 0. The highest BCUT2D eigenvalue weighted by Gasteiger charge is 2.48. The summed E-state index contributed by atoms with van der Waals surface area (Å²) in [7, 11) is 0. The Morgan fingerprint density at radius 3 is 0.982 bits per heavy atom. The molecular weight excluding hydrogens is 1400 g/mol. The lowest BCUT2D eigenvalue weighted by Crippen LogP contribution is -2.64. The molecule has 8 heteroatoms. The molecular formula is C106H77B2N5S. The van der Waals surface area contributed by atoms with E-state index in [1.165, 1.54) is 81.5 Å². The molecule has 0 radical (unpaired) electrons. The van der Waals surface area contributed by atoms with Crippen LogP contribution in [-0.2, 0) is 5.41 Å². The lowest BCUT2D eigenvalue weighted by atomic mass is 9.31. The fraction of sp³-hybridized carbons (Fsp3) is 0.0377. The molecule has 0 bridgehead atoms. The SMILES string of the molecule is CC(C)(C)c1ccc(-c2ccccc2N2c3cc4c(cc3B3c5ccccc5N(c5ccccc5)c5cc(N(c6ccc(-c7ccccc7)cc6)c6ccc(-c7ccccc7)cc6)cc2c53)B2c3ccccc3N(c3ccccc3)c3cc(N(c5ccc(-c6ccccc6)cc5)c5ccc(-c6ccccc6)cc5)cc(c32)S4)cc1. The first-order valence-corrected chi connectivity index (χ1v) is 40.3. The van der Waals surface area contributed by atoms with Gasteiger partial charge in [0.2, 0.25) is 6.71 Å². The fourth-order valence-electron chi connectivity index (χ4n) is 18.0. The van der Waals surface area contributed by atoms with Gasteiger partial charge in [0, 0.05) is 89.3 Å². The highest BCUT2D eigenvalue weighted by molar-refractivity contribution is 8.00. The van der Waals surface area contributed by atoms with Crippen molar-refractivity contribution in [1.82, 2.24) is 0 Å². The zero-order valence-corrected chi connectivity index (χ0v) is 64.4. The molecule has 114 heavy (non-hydrogen) atoms. The third-order valence-corrected chi connectivity index (χ3v) is 24.6. The average Bonchev–Trinajstić information content (AvgIpc) is 0.687. The van der Waals surface area contributed by atoms with Crippen LogP contribution >= 0.6 is 11.8 Å². The maximum atomic E-state index is 2.66. The summed E-state index contributed by atoms with van der Waals surface area (Å²) in [6.45, 7) is 6.56. The molecule has 0 atom stereocenters. The smallest absolute Gasteiger partial charge is 0.252 e. The maximum Gasteiger partial charge on any atom is 0.252 e. The van der Waals surface area contributed by atoms with E-state index in [-0.39, 0.29) is 18.8 Å². The van der Waals surface area contributed by atoms with Crippen molar-refractivity contribution in [2.75, 3.05) is 24.5 Å². The average molecular weight is 1470 g/mol. The van der Waals surface area contributed by atoms with E-state index in [0.29, 0.717) is 0 Å². The van der Waals surface area contributed by atoms with E-state index in [4.69, 9.17) is 0 Å². The monoisotopic (exact) mass is 1470 g/mol. The highest BCUT2D eigenvalue weighted by Crippen LogP contribution is 2.53. The Kier molecular flexibility index (Phi) is 16.9. The first-order chi connectivity index (χ1) is 56.2. The standard InChI is InChI=1S/C106H77B2N5S/c1-106(2,3)81-56-46-80(47-57-81)90-40-22-25-43-95(90)113-98-71-102-94(108-92-42-24-27-45-97(92)112(83-38-20-9-21-39-83)101-68-89(69-103(114-102)105(101)108)110(86-62-52-78(53-63-86)74-32-14-6-15-33-74)87-64-54-79(55-65-87)75-34-16-7-17-35-75)70-93(98)107-91-41-23-26-44-96(91)111(82-36-18-8-19-37-82)99-66-88(67-100(113)104(99)107)109(84-58-48-76(49-59-84)72-28-10-4-11-29-72)85-60-50-77(51-61-85)73-30-12-5-13-31-73/h4-71H,1-3H3. The van der Waals surface area contributed by atoms with Gasteiger partial charge in [-0.15, -0.1) is 0 Å². The van der Waals surface area contributed by atoms with E-state index in [1.807, 2.05) is 11.8 Å². The number of benzene rings is 17. The van der Waals surface area contributed by atoms with Crippen LogP contribution in [0.4, 0.5) is 85.3 Å². The van der Waals surface area contributed by atoms with Gasteiger partial charge in [0.05, 0.1) is 11.4 Å². The van der Waals surface area contributed by atoms with Crippen LogP contribution in [0.2, 0.25) is 0 Å². The van der Waals surface area contributed by atoms with Gasteiger partial charge in [-0.1, -0.05) is 329 Å². The summed E-state index contributed by atoms with van der Waals surface area (Å²) in [4.78, 5) is 15.1. The van der Waals surface area contributed by atoms with Crippen LogP contribution in [0.5, 0.6) is 0 Å². The quantitative estimate of drug-likeness (QED) is 0.100. The van der Waals surface area contributed by atoms with Gasteiger partial charge in [-0.3, -0.25) is 0 Å². The molecule has 4 aliphatic rings. The summed E-state index contributed by atoms with van der Waals surface area (Å²) >= 11 is 1.91. The van der Waals surface area contributed by atoms with Crippen LogP contribution in [0.1, 0.15) is 26.3 Å². The molecule has 0 saturated heterocycles. The Hall–Kier alpha value is -13.8. The molecule has 21 rings (SSSR count). The van der Waals surface area contributed by atoms with Crippen molar-refractivity contribution in [3.8, 4) is 55.6 Å². The van der Waals surface area contributed by atoms with E-state index < -0.39 is 0 Å². The topological polar surface area (TPSA) is 16.2 Å². The number of hydrogen-bond acceptors (Lipinski definition) is 6. The number of rotatable bonds is 14. The van der Waals surface area contributed by atoms with Crippen molar-refractivity contribution < 1.29 is 0 Å². The van der Waals surface area contributed by atoms with Gasteiger partial charge in [-0.2, -0.15) is 0 Å². The van der Waals surface area contributed by atoms with E-state index >= 15 is 0 Å². The van der Waals surface area contributed by atoms with Crippen LogP contribution in [0.15, 0.2) is 422 Å². The zero-order chi connectivity index (χ0) is 76.0. The molecule has 17 aromatic carbocycles. The maximum absolute atomic E-state index is 2.66. The van der Waals surface area contributed by atoms with Crippen LogP contribution in [-0.4, -0.2) is 13.4 Å². The predicted octanol–water partition coefficient (Wildman–Crippen LogP) is 25.1. The Bertz CT molecular complexity index is 6300. The largest absolute Gasteiger partial charge is 0.311 e. The van der Waals surface area contributed by atoms with E-state index in [9.17, 15) is 0 Å². The van der Waals surface area contributed by atoms with Crippen molar-refractivity contribution >= 4 is 143 Å². The Balaban J connectivity index is 0.826. The molecule has 0 spiro atoms. The fourth-order valence-corrected chi connectivity index (χ4v) is 19.2. The summed E-state index contributed by atoms with van der Waals surface area (Å²) in [6.07, 6.45) is 0. The molecule has 0 unspecified atom stereocenters. The highest BCUT2D eigenvalue weighted by atomic mass is 32.2. The minimum atomic E-state index is -0.207. The molecule has 4 heterocycles. The number of anilines is 15.